The lowest BCUT2D eigenvalue weighted by molar-refractivity contribution is 0.111. The molecule has 0 aliphatic heterocycles. The number of hydrogen-bond acceptors (Lipinski definition) is 3. The molecule has 1 aromatic carbocycles. The standard InChI is InChI=1S/C11H14O3/c1-13-7-4-8-14-11-6-3-2-5-10(11)9-12/h2-3,5-6,9H,4,7-8H2,1H3/i1D. The molecule has 0 fully saturated rings. The second-order valence-corrected chi connectivity index (χ2v) is 2.77. The number of carbonyl (C=O) groups excluding carboxylic acids is 1. The number of para-hydroxylation sites is 1. The maximum atomic E-state index is 10.6. The van der Waals surface area contributed by atoms with E-state index in [1.165, 1.54) is 0 Å². The van der Waals surface area contributed by atoms with Crippen LogP contribution in [0.5, 0.6) is 5.75 Å². The molecule has 0 bridgehead atoms. The fourth-order valence-corrected chi connectivity index (χ4v) is 1.05. The molecule has 0 N–H and O–H groups in total. The van der Waals surface area contributed by atoms with Gasteiger partial charge in [-0.15, -0.1) is 0 Å². The number of ether oxygens (including phenoxy) is 2. The Morgan fingerprint density at radius 2 is 2.29 bits per heavy atom. The Balaban J connectivity index is 2.33. The fourth-order valence-electron chi connectivity index (χ4n) is 1.05. The van der Waals surface area contributed by atoms with Gasteiger partial charge in [0.2, 0.25) is 0 Å². The number of benzene rings is 1. The van der Waals surface area contributed by atoms with Gasteiger partial charge in [0.15, 0.2) is 6.29 Å². The minimum Gasteiger partial charge on any atom is -0.493 e. The molecule has 14 heavy (non-hydrogen) atoms. The van der Waals surface area contributed by atoms with Crippen molar-refractivity contribution in [1.29, 1.82) is 0 Å². The first-order chi connectivity index (χ1) is 7.38. The highest BCUT2D eigenvalue weighted by atomic mass is 16.5. The Hall–Kier alpha value is -1.35. The molecule has 0 unspecified atom stereocenters. The first-order valence-corrected chi connectivity index (χ1v) is 4.42. The van der Waals surface area contributed by atoms with E-state index in [1.54, 1.807) is 18.2 Å². The van der Waals surface area contributed by atoms with E-state index in [2.05, 4.69) is 0 Å². The van der Waals surface area contributed by atoms with Gasteiger partial charge >= 0.3 is 0 Å². The van der Waals surface area contributed by atoms with Crippen molar-refractivity contribution in [3.63, 3.8) is 0 Å². The van der Waals surface area contributed by atoms with Gasteiger partial charge in [-0.1, -0.05) is 12.1 Å². The van der Waals surface area contributed by atoms with Crippen LogP contribution < -0.4 is 4.74 Å². The molecule has 0 aliphatic carbocycles. The highest BCUT2D eigenvalue weighted by Crippen LogP contribution is 2.15. The summed E-state index contributed by atoms with van der Waals surface area (Å²) in [6.45, 7) is 0.998. The smallest absolute Gasteiger partial charge is 0.153 e. The van der Waals surface area contributed by atoms with Crippen molar-refractivity contribution in [3.8, 4) is 5.75 Å². The van der Waals surface area contributed by atoms with Gasteiger partial charge in [0.25, 0.3) is 0 Å². The van der Waals surface area contributed by atoms with Crippen LogP contribution in [0.1, 0.15) is 18.1 Å². The Kier molecular flexibility index (Phi) is 4.05. The Morgan fingerprint density at radius 3 is 3.07 bits per heavy atom. The fraction of sp³-hybridized carbons (Fsp3) is 0.364. The van der Waals surface area contributed by atoms with E-state index in [9.17, 15) is 4.79 Å². The lowest BCUT2D eigenvalue weighted by atomic mass is 10.2. The van der Waals surface area contributed by atoms with E-state index < -0.39 is 0 Å². The van der Waals surface area contributed by atoms with E-state index >= 15 is 0 Å². The maximum absolute atomic E-state index is 10.6. The summed E-state index contributed by atoms with van der Waals surface area (Å²) in [5, 5.41) is 0. The summed E-state index contributed by atoms with van der Waals surface area (Å²) in [6, 6.07) is 7.08. The minimum absolute atomic E-state index is 0.0229. The molecule has 1 aromatic rings. The molecule has 0 saturated carbocycles. The molecule has 0 aromatic heterocycles. The van der Waals surface area contributed by atoms with Crippen molar-refractivity contribution in [2.75, 3.05) is 20.3 Å². The molecule has 3 heteroatoms. The van der Waals surface area contributed by atoms with Crippen LogP contribution in [0.3, 0.4) is 0 Å². The molecule has 0 radical (unpaired) electrons. The number of methoxy groups -OCH3 is 1. The lowest BCUT2D eigenvalue weighted by Crippen LogP contribution is -2.02. The van der Waals surface area contributed by atoms with E-state index in [-0.39, 0.29) is 7.09 Å². The third-order valence-corrected chi connectivity index (χ3v) is 1.74. The molecule has 1 rings (SSSR count). The highest BCUT2D eigenvalue weighted by Gasteiger charge is 2.00. The summed E-state index contributed by atoms with van der Waals surface area (Å²) in [5.41, 5.74) is 0.555. The van der Waals surface area contributed by atoms with Crippen molar-refractivity contribution in [1.82, 2.24) is 0 Å². The van der Waals surface area contributed by atoms with Crippen molar-refractivity contribution >= 4 is 6.29 Å². The number of hydrogen-bond donors (Lipinski definition) is 0. The molecule has 0 saturated heterocycles. The van der Waals surface area contributed by atoms with Gasteiger partial charge < -0.3 is 9.47 Å². The third-order valence-electron chi connectivity index (χ3n) is 1.74. The van der Waals surface area contributed by atoms with E-state index in [1.807, 2.05) is 6.07 Å². The van der Waals surface area contributed by atoms with Crippen LogP contribution >= 0.6 is 0 Å². The van der Waals surface area contributed by atoms with Crippen molar-refractivity contribution in [2.45, 2.75) is 6.42 Å². The Morgan fingerprint density at radius 1 is 1.43 bits per heavy atom. The van der Waals surface area contributed by atoms with Crippen LogP contribution in [-0.4, -0.2) is 26.6 Å². The number of rotatable bonds is 6. The quantitative estimate of drug-likeness (QED) is 0.514. The monoisotopic (exact) mass is 195 g/mol. The van der Waals surface area contributed by atoms with Gasteiger partial charge in [0, 0.05) is 20.1 Å². The first-order valence-electron chi connectivity index (χ1n) is 5.13. The minimum atomic E-state index is -0.0229. The maximum Gasteiger partial charge on any atom is 0.153 e. The molecular weight excluding hydrogens is 180 g/mol. The molecule has 76 valence electrons. The van der Waals surface area contributed by atoms with E-state index in [0.717, 1.165) is 6.29 Å². The van der Waals surface area contributed by atoms with Crippen molar-refractivity contribution in [3.05, 3.63) is 29.8 Å². The van der Waals surface area contributed by atoms with Crippen LogP contribution in [0.15, 0.2) is 24.3 Å². The first kappa shape index (κ1) is 9.21. The van der Waals surface area contributed by atoms with Crippen LogP contribution in [0, 0.1) is 0 Å². The number of aldehydes is 1. The van der Waals surface area contributed by atoms with Gasteiger partial charge in [-0.25, -0.2) is 0 Å². The third kappa shape index (κ3) is 3.18. The molecule has 0 heterocycles. The van der Waals surface area contributed by atoms with Crippen LogP contribution in [-0.2, 0) is 4.74 Å². The van der Waals surface area contributed by atoms with Gasteiger partial charge in [-0.3, -0.25) is 4.79 Å². The molecule has 0 amide bonds. The second kappa shape index (κ2) is 6.16. The van der Waals surface area contributed by atoms with Crippen molar-refractivity contribution < 1.29 is 15.6 Å². The zero-order valence-corrected chi connectivity index (χ0v) is 7.94. The molecule has 3 nitrogen and oxygen atoms in total. The van der Waals surface area contributed by atoms with E-state index in [4.69, 9.17) is 10.8 Å². The Labute approximate surface area is 85.0 Å². The summed E-state index contributed by atoms with van der Waals surface area (Å²) >= 11 is 0. The zero-order chi connectivity index (χ0) is 10.9. The predicted octanol–water partition coefficient (Wildman–Crippen LogP) is 1.91. The lowest BCUT2D eigenvalue weighted by Gasteiger charge is -2.07. The largest absolute Gasteiger partial charge is 0.493 e. The molecule has 0 aliphatic rings. The summed E-state index contributed by atoms with van der Waals surface area (Å²) in [5.74, 6) is 0.596. The number of carbonyl (C=O) groups is 1. The van der Waals surface area contributed by atoms with Crippen molar-refractivity contribution in [2.24, 2.45) is 0 Å². The second-order valence-electron chi connectivity index (χ2n) is 2.77. The summed E-state index contributed by atoms with van der Waals surface area (Å²) in [7, 11) is -0.0229. The van der Waals surface area contributed by atoms with E-state index in [0.29, 0.717) is 30.9 Å². The molecule has 0 atom stereocenters. The normalized spacial score (nSPS) is 10.7. The molecular formula is C11H14O3. The highest BCUT2D eigenvalue weighted by molar-refractivity contribution is 5.79. The van der Waals surface area contributed by atoms with Gasteiger partial charge in [-0.05, 0) is 12.1 Å². The zero-order valence-electron chi connectivity index (χ0n) is 8.94. The molecule has 0 spiro atoms. The van der Waals surface area contributed by atoms with Crippen LogP contribution in [0.25, 0.3) is 0 Å². The SMILES string of the molecule is [2H]COCCCOc1ccccc1C=O. The van der Waals surface area contributed by atoms with Gasteiger partial charge in [0.1, 0.15) is 5.75 Å². The summed E-state index contributed by atoms with van der Waals surface area (Å²) < 4.78 is 17.0. The topological polar surface area (TPSA) is 35.5 Å². The summed E-state index contributed by atoms with van der Waals surface area (Å²) in [6.07, 6.45) is 1.49. The van der Waals surface area contributed by atoms with Gasteiger partial charge in [0.05, 0.1) is 13.5 Å². The summed E-state index contributed by atoms with van der Waals surface area (Å²) in [4.78, 5) is 10.6. The predicted molar refractivity (Wildman–Crippen MR) is 53.8 cm³/mol. The average molecular weight is 195 g/mol. The van der Waals surface area contributed by atoms with Crippen LogP contribution in [0.2, 0.25) is 0 Å². The van der Waals surface area contributed by atoms with Crippen LogP contribution in [0.4, 0.5) is 0 Å². The van der Waals surface area contributed by atoms with Gasteiger partial charge in [-0.2, -0.15) is 0 Å². The average Bonchev–Trinajstić information content (AvgIpc) is 2.29. The Bertz CT molecular complexity index is 302.